The van der Waals surface area contributed by atoms with Gasteiger partial charge in [0.15, 0.2) is 0 Å². The minimum atomic E-state index is -0.864. The Balaban J connectivity index is 1.29. The van der Waals surface area contributed by atoms with Crippen LogP contribution in [0.25, 0.3) is 0 Å². The summed E-state index contributed by atoms with van der Waals surface area (Å²) in [6, 6.07) is 15.0. The third-order valence-corrected chi connectivity index (χ3v) is 6.62. The molecule has 0 radical (unpaired) electrons. The highest BCUT2D eigenvalue weighted by Crippen LogP contribution is 2.63. The molecule has 5 heteroatoms. The second kappa shape index (κ2) is 6.76. The molecule has 0 spiro atoms. The van der Waals surface area contributed by atoms with Gasteiger partial charge in [0.25, 0.3) is 0 Å². The number of carbonyl (C=O) groups is 2. The summed E-state index contributed by atoms with van der Waals surface area (Å²) in [6.07, 6.45) is 5.14. The van der Waals surface area contributed by atoms with Crippen molar-refractivity contribution >= 4 is 17.6 Å². The lowest BCUT2D eigenvalue weighted by Gasteiger charge is -2.41. The number of anilines is 1. The van der Waals surface area contributed by atoms with Crippen molar-refractivity contribution in [3.8, 4) is 11.5 Å². The van der Waals surface area contributed by atoms with Crippen LogP contribution in [0.15, 0.2) is 60.7 Å². The lowest BCUT2D eigenvalue weighted by atomic mass is 9.62. The van der Waals surface area contributed by atoms with Crippen LogP contribution in [0.2, 0.25) is 0 Å². The molecule has 1 amide bonds. The number of carboxylic acids is 1. The summed E-state index contributed by atoms with van der Waals surface area (Å²) in [7, 11) is 0. The van der Waals surface area contributed by atoms with E-state index in [1.165, 1.54) is 5.56 Å². The van der Waals surface area contributed by atoms with E-state index >= 15 is 0 Å². The van der Waals surface area contributed by atoms with E-state index in [1.807, 2.05) is 37.3 Å². The molecule has 2 bridgehead atoms. The lowest BCUT2D eigenvalue weighted by Crippen LogP contribution is -2.48. The van der Waals surface area contributed by atoms with Crippen molar-refractivity contribution in [1.82, 2.24) is 0 Å². The third-order valence-electron chi connectivity index (χ3n) is 6.62. The first-order valence-corrected chi connectivity index (χ1v) is 10.1. The van der Waals surface area contributed by atoms with E-state index in [2.05, 4.69) is 11.4 Å². The molecule has 4 aliphatic carbocycles. The standard InChI is InChI=1S/C24H23NO4/c1-13-2-6-15(7-3-13)29-16-8-4-14(5-9-16)25-23(26)21-17-10-11-18(20-12-19(17)20)22(21)24(27)28/h2-11,17-22H,12H2,1H3,(H,25,26)(H,27,28)/t17-,18-,19-,20-,21+,22+/m1/s1. The number of aliphatic carboxylic acids is 1. The van der Waals surface area contributed by atoms with E-state index < -0.39 is 17.8 Å². The van der Waals surface area contributed by atoms with E-state index in [9.17, 15) is 14.7 Å². The van der Waals surface area contributed by atoms with Gasteiger partial charge < -0.3 is 15.2 Å². The van der Waals surface area contributed by atoms with Gasteiger partial charge in [-0.1, -0.05) is 29.8 Å². The minimum Gasteiger partial charge on any atom is -0.481 e. The summed E-state index contributed by atoms with van der Waals surface area (Å²) in [6.45, 7) is 2.02. The second-order valence-electron chi connectivity index (χ2n) is 8.42. The molecule has 2 aromatic rings. The van der Waals surface area contributed by atoms with Gasteiger partial charge in [-0.3, -0.25) is 9.59 Å². The predicted molar refractivity (Wildman–Crippen MR) is 109 cm³/mol. The molecule has 29 heavy (non-hydrogen) atoms. The zero-order chi connectivity index (χ0) is 20.1. The first-order valence-electron chi connectivity index (χ1n) is 10.1. The van der Waals surface area contributed by atoms with E-state index in [0.29, 0.717) is 23.3 Å². The fourth-order valence-corrected chi connectivity index (χ4v) is 5.14. The molecule has 0 aromatic heterocycles. The summed E-state index contributed by atoms with van der Waals surface area (Å²) >= 11 is 0. The minimum absolute atomic E-state index is 0.0106. The Labute approximate surface area is 169 Å². The maximum Gasteiger partial charge on any atom is 0.307 e. The van der Waals surface area contributed by atoms with Crippen molar-refractivity contribution < 1.29 is 19.4 Å². The average molecular weight is 389 g/mol. The topological polar surface area (TPSA) is 75.6 Å². The van der Waals surface area contributed by atoms with Crippen LogP contribution in [0.4, 0.5) is 5.69 Å². The lowest BCUT2D eigenvalue weighted by molar-refractivity contribution is -0.152. The number of aryl methyl sites for hydroxylation is 1. The number of fused-ring (bicyclic) bond motifs is 1. The molecule has 2 fully saturated rings. The molecule has 0 aliphatic heterocycles. The molecule has 2 saturated carbocycles. The Kier molecular flexibility index (Phi) is 4.19. The highest BCUT2D eigenvalue weighted by molar-refractivity contribution is 5.96. The first kappa shape index (κ1) is 18.0. The Hall–Kier alpha value is -3.08. The van der Waals surface area contributed by atoms with Gasteiger partial charge in [0.1, 0.15) is 11.5 Å². The number of hydrogen-bond acceptors (Lipinski definition) is 3. The van der Waals surface area contributed by atoms with E-state index in [0.717, 1.165) is 12.2 Å². The molecule has 148 valence electrons. The first-order chi connectivity index (χ1) is 14.0. The highest BCUT2D eigenvalue weighted by atomic mass is 16.5. The van der Waals surface area contributed by atoms with Crippen molar-refractivity contribution in [2.75, 3.05) is 5.32 Å². The number of nitrogens with one attached hydrogen (secondary N) is 1. The van der Waals surface area contributed by atoms with E-state index in [4.69, 9.17) is 4.74 Å². The van der Waals surface area contributed by atoms with Crippen LogP contribution in [0.3, 0.4) is 0 Å². The van der Waals surface area contributed by atoms with Gasteiger partial charge in [-0.15, -0.1) is 0 Å². The van der Waals surface area contributed by atoms with Crippen LogP contribution in [0, 0.1) is 42.4 Å². The molecule has 0 unspecified atom stereocenters. The van der Waals surface area contributed by atoms with Crippen LogP contribution in [0.5, 0.6) is 11.5 Å². The van der Waals surface area contributed by atoms with Gasteiger partial charge >= 0.3 is 5.97 Å². The molecular formula is C24H23NO4. The van der Waals surface area contributed by atoms with E-state index in [-0.39, 0.29) is 17.7 Å². The normalized spacial score (nSPS) is 31.1. The number of rotatable bonds is 5. The Morgan fingerprint density at radius 1 is 0.897 bits per heavy atom. The predicted octanol–water partition coefficient (Wildman–Crippen LogP) is 4.49. The average Bonchev–Trinajstić information content (AvgIpc) is 3.53. The summed E-state index contributed by atoms with van der Waals surface area (Å²) in [5.74, 6) is 0.184. The fraction of sp³-hybridized carbons (Fsp3) is 0.333. The van der Waals surface area contributed by atoms with Gasteiger partial charge in [0, 0.05) is 5.69 Å². The highest BCUT2D eigenvalue weighted by Gasteiger charge is 2.62. The maximum absolute atomic E-state index is 13.0. The number of carbonyl (C=O) groups excluding carboxylic acids is 1. The molecule has 4 aliphatic rings. The molecule has 5 nitrogen and oxygen atoms in total. The van der Waals surface area contributed by atoms with Crippen molar-refractivity contribution in [2.45, 2.75) is 13.3 Å². The Morgan fingerprint density at radius 2 is 1.45 bits per heavy atom. The van der Waals surface area contributed by atoms with Crippen LogP contribution < -0.4 is 10.1 Å². The molecule has 0 saturated heterocycles. The summed E-state index contributed by atoms with van der Waals surface area (Å²) < 4.78 is 5.82. The number of allylic oxidation sites excluding steroid dienone is 2. The third kappa shape index (κ3) is 3.20. The molecule has 2 N–H and O–H groups in total. The Morgan fingerprint density at radius 3 is 2.03 bits per heavy atom. The fourth-order valence-electron chi connectivity index (χ4n) is 5.14. The monoisotopic (exact) mass is 389 g/mol. The van der Waals surface area contributed by atoms with Crippen LogP contribution in [0.1, 0.15) is 12.0 Å². The van der Waals surface area contributed by atoms with Crippen molar-refractivity contribution in [3.05, 3.63) is 66.2 Å². The van der Waals surface area contributed by atoms with Gasteiger partial charge in [0.05, 0.1) is 11.8 Å². The quantitative estimate of drug-likeness (QED) is 0.739. The molecular weight excluding hydrogens is 366 g/mol. The molecule has 0 heterocycles. The van der Waals surface area contributed by atoms with Gasteiger partial charge in [-0.05, 0) is 73.4 Å². The van der Waals surface area contributed by atoms with Gasteiger partial charge in [-0.25, -0.2) is 0 Å². The summed E-state index contributed by atoms with van der Waals surface area (Å²) in [4.78, 5) is 24.9. The molecule has 6 atom stereocenters. The Bertz CT molecular complexity index is 979. The summed E-state index contributed by atoms with van der Waals surface area (Å²) in [5, 5.41) is 12.7. The molecule has 2 aromatic carbocycles. The number of hydrogen-bond donors (Lipinski definition) is 2. The zero-order valence-electron chi connectivity index (χ0n) is 16.1. The maximum atomic E-state index is 13.0. The number of amides is 1. The summed E-state index contributed by atoms with van der Waals surface area (Å²) in [5.41, 5.74) is 1.81. The molecule has 6 rings (SSSR count). The van der Waals surface area contributed by atoms with Crippen LogP contribution >= 0.6 is 0 Å². The largest absolute Gasteiger partial charge is 0.481 e. The smallest absolute Gasteiger partial charge is 0.307 e. The zero-order valence-corrected chi connectivity index (χ0v) is 16.1. The number of carboxylic acid groups (broad SMARTS) is 1. The number of benzene rings is 2. The SMILES string of the molecule is Cc1ccc(Oc2ccc(NC(=O)[C@H]3[C@@H]4C=C[C@H]([C@H]5C[C@H]45)[C@@H]3C(=O)O)cc2)cc1. The van der Waals surface area contributed by atoms with Crippen LogP contribution in [-0.4, -0.2) is 17.0 Å². The second-order valence-corrected chi connectivity index (χ2v) is 8.42. The number of ether oxygens (including phenoxy) is 1. The van der Waals surface area contributed by atoms with Crippen LogP contribution in [-0.2, 0) is 9.59 Å². The van der Waals surface area contributed by atoms with E-state index in [1.54, 1.807) is 24.3 Å². The van der Waals surface area contributed by atoms with Gasteiger partial charge in [-0.2, -0.15) is 0 Å². The van der Waals surface area contributed by atoms with Gasteiger partial charge in [0.2, 0.25) is 5.91 Å². The van der Waals surface area contributed by atoms with Crippen molar-refractivity contribution in [2.24, 2.45) is 35.5 Å². The van der Waals surface area contributed by atoms with Crippen molar-refractivity contribution in [3.63, 3.8) is 0 Å². The van der Waals surface area contributed by atoms with Crippen molar-refractivity contribution in [1.29, 1.82) is 0 Å².